The van der Waals surface area contributed by atoms with Crippen molar-refractivity contribution in [3.63, 3.8) is 0 Å². The Kier molecular flexibility index (Phi) is 35.4. The first kappa shape index (κ1) is 42.9. The largest absolute Gasteiger partial charge is 0.466 e. The maximum absolute atomic E-state index is 12.0. The Balaban J connectivity index is 3.36. The van der Waals surface area contributed by atoms with Gasteiger partial charge in [0.2, 0.25) is 0 Å². The predicted octanol–water partition coefficient (Wildman–Crippen LogP) is 10.2. The van der Waals surface area contributed by atoms with E-state index in [4.69, 9.17) is 9.47 Å². The summed E-state index contributed by atoms with van der Waals surface area (Å²) in [5.74, 6) is -0.208. The molecule has 0 saturated carbocycles. The van der Waals surface area contributed by atoms with E-state index in [0.29, 0.717) is 39.1 Å². The number of nitrogens with one attached hydrogen (secondary N) is 1. The van der Waals surface area contributed by atoms with E-state index in [1.807, 2.05) is 7.05 Å². The van der Waals surface area contributed by atoms with Crippen molar-refractivity contribution in [2.45, 2.75) is 187 Å². The molecule has 0 aliphatic carbocycles. The number of unbranched alkanes of at least 4 members (excludes halogenated alkanes) is 23. The molecule has 0 atom stereocenters. The fraction of sp³-hybridized carbons (Fsp3) is 0.947. The van der Waals surface area contributed by atoms with Gasteiger partial charge in [0.05, 0.1) is 26.1 Å². The van der Waals surface area contributed by atoms with E-state index in [2.05, 4.69) is 24.1 Å². The van der Waals surface area contributed by atoms with Gasteiger partial charge in [-0.3, -0.25) is 9.59 Å². The molecule has 0 amide bonds. The second kappa shape index (κ2) is 36.3. The van der Waals surface area contributed by atoms with Crippen molar-refractivity contribution in [2.24, 2.45) is 0 Å². The van der Waals surface area contributed by atoms with E-state index in [1.54, 1.807) is 0 Å². The summed E-state index contributed by atoms with van der Waals surface area (Å²) in [6.45, 7) is 8.59. The van der Waals surface area contributed by atoms with Gasteiger partial charge in [0, 0.05) is 26.2 Å². The van der Waals surface area contributed by atoms with Gasteiger partial charge in [0.15, 0.2) is 0 Å². The maximum Gasteiger partial charge on any atom is 0.307 e. The van der Waals surface area contributed by atoms with E-state index in [0.717, 1.165) is 38.8 Å². The lowest BCUT2D eigenvalue weighted by Crippen LogP contribution is -2.32. The number of carbonyl (C=O) groups is 2. The fourth-order valence-electron chi connectivity index (χ4n) is 5.56. The van der Waals surface area contributed by atoms with Gasteiger partial charge in [-0.15, -0.1) is 0 Å². The molecule has 0 radical (unpaired) electrons. The third-order valence-corrected chi connectivity index (χ3v) is 8.65. The molecule has 0 aliphatic heterocycles. The normalized spacial score (nSPS) is 11.4. The molecule has 0 aromatic rings. The average Bonchev–Trinajstić information content (AvgIpc) is 3.02. The molecule has 1 N–H and O–H groups in total. The van der Waals surface area contributed by atoms with Crippen LogP contribution < -0.4 is 5.32 Å². The predicted molar refractivity (Wildman–Crippen MR) is 188 cm³/mol. The van der Waals surface area contributed by atoms with Crippen LogP contribution in [0.4, 0.5) is 0 Å². The van der Waals surface area contributed by atoms with Crippen molar-refractivity contribution in [3.05, 3.63) is 0 Å². The third-order valence-electron chi connectivity index (χ3n) is 8.65. The first-order valence-corrected chi connectivity index (χ1v) is 19.3. The number of hydrogen-bond acceptors (Lipinski definition) is 6. The van der Waals surface area contributed by atoms with Crippen molar-refractivity contribution in [3.8, 4) is 0 Å². The van der Waals surface area contributed by atoms with Crippen LogP contribution in [0.5, 0.6) is 0 Å². The second-order valence-corrected chi connectivity index (χ2v) is 13.1. The summed E-state index contributed by atoms with van der Waals surface area (Å²) in [4.78, 5) is 26.1. The Morgan fingerprint density at radius 1 is 0.455 bits per heavy atom. The molecular formula is C38H76N2O4. The lowest BCUT2D eigenvalue weighted by Gasteiger charge is -2.16. The highest BCUT2D eigenvalue weighted by molar-refractivity contribution is 5.69. The Morgan fingerprint density at radius 3 is 1.18 bits per heavy atom. The highest BCUT2D eigenvalue weighted by Gasteiger charge is 2.07. The van der Waals surface area contributed by atoms with E-state index in [-0.39, 0.29) is 11.9 Å². The number of esters is 2. The van der Waals surface area contributed by atoms with Crippen LogP contribution in [0, 0.1) is 0 Å². The smallest absolute Gasteiger partial charge is 0.307 e. The Bertz CT molecular complexity index is 601. The van der Waals surface area contributed by atoms with E-state index < -0.39 is 0 Å². The summed E-state index contributed by atoms with van der Waals surface area (Å²) >= 11 is 0. The summed E-state index contributed by atoms with van der Waals surface area (Å²) in [6.07, 6.45) is 33.7. The standard InChI is InChI=1S/C38H76N2O4/c1-4-6-8-10-12-14-16-18-20-22-24-26-28-36-44-38(42)30-33-40(3)34-32-39-31-29-37(41)43-35-27-25-23-21-19-17-15-13-11-9-7-5-2/h39H,4-36H2,1-3H3. The quantitative estimate of drug-likeness (QED) is 0.0553. The molecule has 0 bridgehead atoms. The minimum atomic E-state index is -0.111. The summed E-state index contributed by atoms with van der Waals surface area (Å²) in [7, 11) is 2.02. The minimum absolute atomic E-state index is 0.0975. The van der Waals surface area contributed by atoms with Crippen LogP contribution in [0.1, 0.15) is 187 Å². The summed E-state index contributed by atoms with van der Waals surface area (Å²) in [5.41, 5.74) is 0. The molecule has 6 nitrogen and oxygen atoms in total. The van der Waals surface area contributed by atoms with Gasteiger partial charge in [0.1, 0.15) is 0 Å². The van der Waals surface area contributed by atoms with Gasteiger partial charge in [0.25, 0.3) is 0 Å². The van der Waals surface area contributed by atoms with Gasteiger partial charge in [-0.05, 0) is 19.9 Å². The van der Waals surface area contributed by atoms with E-state index >= 15 is 0 Å². The molecule has 6 heteroatoms. The van der Waals surface area contributed by atoms with E-state index in [9.17, 15) is 9.59 Å². The minimum Gasteiger partial charge on any atom is -0.466 e. The fourth-order valence-corrected chi connectivity index (χ4v) is 5.56. The number of nitrogens with zero attached hydrogens (tertiary/aromatic N) is 1. The molecule has 0 unspecified atom stereocenters. The van der Waals surface area contributed by atoms with Crippen LogP contribution >= 0.6 is 0 Å². The lowest BCUT2D eigenvalue weighted by molar-refractivity contribution is -0.144. The first-order valence-electron chi connectivity index (χ1n) is 19.3. The van der Waals surface area contributed by atoms with Crippen molar-refractivity contribution < 1.29 is 19.1 Å². The van der Waals surface area contributed by atoms with Gasteiger partial charge in [-0.1, -0.05) is 162 Å². The number of rotatable bonds is 36. The zero-order chi connectivity index (χ0) is 32.2. The lowest BCUT2D eigenvalue weighted by atomic mass is 10.0. The Morgan fingerprint density at radius 2 is 0.795 bits per heavy atom. The van der Waals surface area contributed by atoms with Gasteiger partial charge in [-0.25, -0.2) is 0 Å². The zero-order valence-corrected chi connectivity index (χ0v) is 29.9. The molecule has 0 fully saturated rings. The molecule has 0 aromatic carbocycles. The first-order chi connectivity index (χ1) is 21.6. The molecule has 44 heavy (non-hydrogen) atoms. The SMILES string of the molecule is CCCCCCCCCCCCCCCOC(=O)CCN(C)CCNCCC(=O)OCCCCCCCCCCCCCC. The van der Waals surface area contributed by atoms with Crippen molar-refractivity contribution in [1.82, 2.24) is 10.2 Å². The van der Waals surface area contributed by atoms with E-state index in [1.165, 1.54) is 135 Å². The third kappa shape index (κ3) is 35.3. The Labute approximate surface area is 274 Å². The van der Waals surface area contributed by atoms with Gasteiger partial charge in [-0.2, -0.15) is 0 Å². The van der Waals surface area contributed by atoms with Gasteiger partial charge >= 0.3 is 11.9 Å². The monoisotopic (exact) mass is 625 g/mol. The van der Waals surface area contributed by atoms with Crippen LogP contribution in [0.2, 0.25) is 0 Å². The molecule has 0 heterocycles. The molecule has 262 valence electrons. The van der Waals surface area contributed by atoms with Crippen LogP contribution in [-0.4, -0.2) is 63.3 Å². The molecule has 0 spiro atoms. The van der Waals surface area contributed by atoms with Gasteiger partial charge < -0.3 is 19.7 Å². The second-order valence-electron chi connectivity index (χ2n) is 13.1. The number of hydrogen-bond donors (Lipinski definition) is 1. The Hall–Kier alpha value is -1.14. The topological polar surface area (TPSA) is 67.9 Å². The maximum atomic E-state index is 12.0. The number of carbonyl (C=O) groups excluding carboxylic acids is 2. The highest BCUT2D eigenvalue weighted by Crippen LogP contribution is 2.13. The molecule has 0 aromatic heterocycles. The average molecular weight is 625 g/mol. The molecule has 0 saturated heterocycles. The number of ether oxygens (including phenoxy) is 2. The molecular weight excluding hydrogens is 548 g/mol. The summed E-state index contributed by atoms with van der Waals surface area (Å²) in [6, 6.07) is 0. The van der Waals surface area contributed by atoms with Crippen LogP contribution in [0.25, 0.3) is 0 Å². The highest BCUT2D eigenvalue weighted by atomic mass is 16.5. The molecule has 0 rings (SSSR count). The summed E-state index contributed by atoms with van der Waals surface area (Å²) in [5, 5.41) is 3.31. The zero-order valence-electron chi connectivity index (χ0n) is 29.9. The van der Waals surface area contributed by atoms with Crippen LogP contribution in [-0.2, 0) is 19.1 Å². The van der Waals surface area contributed by atoms with Crippen LogP contribution in [0.15, 0.2) is 0 Å². The summed E-state index contributed by atoms with van der Waals surface area (Å²) < 4.78 is 10.8. The molecule has 0 aliphatic rings. The van der Waals surface area contributed by atoms with Crippen molar-refractivity contribution in [2.75, 3.05) is 46.4 Å². The van der Waals surface area contributed by atoms with Crippen molar-refractivity contribution in [1.29, 1.82) is 0 Å². The van der Waals surface area contributed by atoms with Crippen molar-refractivity contribution >= 4 is 11.9 Å². The number of likely N-dealkylation sites (N-methyl/N-ethyl adjacent to an activating group) is 1. The van der Waals surface area contributed by atoms with Crippen LogP contribution in [0.3, 0.4) is 0 Å².